The number of anilines is 1. The van der Waals surface area contributed by atoms with Crippen molar-refractivity contribution >= 4 is 17.3 Å². The van der Waals surface area contributed by atoms with Crippen LogP contribution in [0.2, 0.25) is 5.15 Å². The van der Waals surface area contributed by atoms with Crippen molar-refractivity contribution in [2.24, 2.45) is 0 Å². The molecule has 1 aliphatic rings. The number of nitrogens with two attached hydrogens (primary N) is 1. The molecule has 0 unspecified atom stereocenters. The minimum Gasteiger partial charge on any atom is -0.396 e. The molecule has 0 amide bonds. The molecule has 0 saturated carbocycles. The summed E-state index contributed by atoms with van der Waals surface area (Å²) in [5, 5.41) is 0.454. The molecule has 2 nitrogen and oxygen atoms in total. The first-order valence-corrected chi connectivity index (χ1v) is 4.58. The third kappa shape index (κ3) is 1.16. The molecule has 0 bridgehead atoms. The Hall–Kier alpha value is -0.760. The predicted octanol–water partition coefficient (Wildman–Crippen LogP) is 2.20. The molecule has 2 rings (SSSR count). The number of fused-ring (bicyclic) bond motifs is 1. The molecule has 3 heteroatoms. The van der Waals surface area contributed by atoms with Crippen LogP contribution in [-0.4, -0.2) is 4.98 Å². The molecule has 2 N–H and O–H groups in total. The van der Waals surface area contributed by atoms with Gasteiger partial charge in [-0.05, 0) is 36.8 Å². The Morgan fingerprint density at radius 2 is 2.08 bits per heavy atom. The van der Waals surface area contributed by atoms with Gasteiger partial charge < -0.3 is 5.73 Å². The molecular formula is C9H11ClN2. The van der Waals surface area contributed by atoms with Gasteiger partial charge in [0.1, 0.15) is 0 Å². The summed E-state index contributed by atoms with van der Waals surface area (Å²) < 4.78 is 0. The summed E-state index contributed by atoms with van der Waals surface area (Å²) in [6.07, 6.45) is 6.48. The maximum Gasteiger partial charge on any atom is 0.152 e. The number of halogens is 1. The third-order valence-electron chi connectivity index (χ3n) is 2.39. The highest BCUT2D eigenvalue weighted by Crippen LogP contribution is 2.29. The fraction of sp³-hybridized carbons (Fsp3) is 0.444. The summed E-state index contributed by atoms with van der Waals surface area (Å²) in [5.41, 5.74) is 9.00. The van der Waals surface area contributed by atoms with E-state index in [1.165, 1.54) is 24.0 Å². The maximum atomic E-state index is 5.81. The first-order chi connectivity index (χ1) is 5.79. The molecule has 0 aliphatic heterocycles. The summed E-state index contributed by atoms with van der Waals surface area (Å²) in [6.45, 7) is 0. The molecule has 1 aromatic heterocycles. The van der Waals surface area contributed by atoms with Crippen LogP contribution in [-0.2, 0) is 12.8 Å². The third-order valence-corrected chi connectivity index (χ3v) is 2.69. The van der Waals surface area contributed by atoms with Crippen molar-refractivity contribution in [1.82, 2.24) is 4.98 Å². The van der Waals surface area contributed by atoms with Crippen molar-refractivity contribution in [2.45, 2.75) is 25.7 Å². The summed E-state index contributed by atoms with van der Waals surface area (Å²) >= 11 is 5.81. The van der Waals surface area contributed by atoms with Gasteiger partial charge in [-0.2, -0.15) is 0 Å². The van der Waals surface area contributed by atoms with Crippen molar-refractivity contribution in [2.75, 3.05) is 5.73 Å². The number of aryl methyl sites for hydroxylation is 1. The smallest absolute Gasteiger partial charge is 0.152 e. The van der Waals surface area contributed by atoms with E-state index in [1.807, 2.05) is 6.20 Å². The lowest BCUT2D eigenvalue weighted by molar-refractivity contribution is 0.684. The Morgan fingerprint density at radius 1 is 1.33 bits per heavy atom. The molecule has 1 aromatic rings. The van der Waals surface area contributed by atoms with E-state index in [4.69, 9.17) is 17.3 Å². The van der Waals surface area contributed by atoms with E-state index in [-0.39, 0.29) is 0 Å². The standard InChI is InChI=1S/C9H11ClN2/c10-9-8(11)7-4-2-1-3-6(7)5-12-9/h5H,1-4,11H2. The maximum absolute atomic E-state index is 5.81. The lowest BCUT2D eigenvalue weighted by Gasteiger charge is -2.17. The highest BCUT2D eigenvalue weighted by Gasteiger charge is 2.14. The molecule has 1 heterocycles. The van der Waals surface area contributed by atoms with Crippen molar-refractivity contribution < 1.29 is 0 Å². The van der Waals surface area contributed by atoms with Crippen LogP contribution in [0.15, 0.2) is 6.20 Å². The monoisotopic (exact) mass is 182 g/mol. The molecule has 0 saturated heterocycles. The number of hydrogen-bond donors (Lipinski definition) is 1. The normalized spacial score (nSPS) is 15.8. The van der Waals surface area contributed by atoms with Crippen LogP contribution in [0, 0.1) is 0 Å². The molecule has 64 valence electrons. The van der Waals surface area contributed by atoms with Crippen molar-refractivity contribution in [3.63, 3.8) is 0 Å². The lowest BCUT2D eigenvalue weighted by atomic mass is 9.92. The van der Waals surface area contributed by atoms with E-state index in [0.717, 1.165) is 12.8 Å². The van der Waals surface area contributed by atoms with Crippen LogP contribution in [0.3, 0.4) is 0 Å². The van der Waals surface area contributed by atoms with Crippen LogP contribution < -0.4 is 5.73 Å². The quantitative estimate of drug-likeness (QED) is 0.625. The van der Waals surface area contributed by atoms with E-state index in [0.29, 0.717) is 10.8 Å². The summed E-state index contributed by atoms with van der Waals surface area (Å²) in [6, 6.07) is 0. The Kier molecular flexibility index (Phi) is 1.93. The number of rotatable bonds is 0. The van der Waals surface area contributed by atoms with Crippen molar-refractivity contribution in [1.29, 1.82) is 0 Å². The highest BCUT2D eigenvalue weighted by molar-refractivity contribution is 6.32. The first kappa shape index (κ1) is 7.87. The highest BCUT2D eigenvalue weighted by atomic mass is 35.5. The number of hydrogen-bond acceptors (Lipinski definition) is 2. The van der Waals surface area contributed by atoms with Gasteiger partial charge in [0.05, 0.1) is 5.69 Å². The second-order valence-electron chi connectivity index (χ2n) is 3.17. The zero-order valence-corrected chi connectivity index (χ0v) is 7.56. The van der Waals surface area contributed by atoms with E-state index < -0.39 is 0 Å². The van der Waals surface area contributed by atoms with Crippen LogP contribution in [0.25, 0.3) is 0 Å². The van der Waals surface area contributed by atoms with Crippen LogP contribution in [0.5, 0.6) is 0 Å². The van der Waals surface area contributed by atoms with Gasteiger partial charge in [0.2, 0.25) is 0 Å². The average Bonchev–Trinajstić information content (AvgIpc) is 2.12. The number of nitrogen functional groups attached to an aromatic ring is 1. The van der Waals surface area contributed by atoms with E-state index in [9.17, 15) is 0 Å². The van der Waals surface area contributed by atoms with E-state index >= 15 is 0 Å². The fourth-order valence-corrected chi connectivity index (χ4v) is 1.87. The predicted molar refractivity (Wildman–Crippen MR) is 50.3 cm³/mol. The zero-order chi connectivity index (χ0) is 8.55. The second kappa shape index (κ2) is 2.94. The van der Waals surface area contributed by atoms with Gasteiger partial charge in [0, 0.05) is 6.20 Å². The van der Waals surface area contributed by atoms with Crippen molar-refractivity contribution in [3.8, 4) is 0 Å². The zero-order valence-electron chi connectivity index (χ0n) is 6.81. The van der Waals surface area contributed by atoms with Crippen LogP contribution in [0.1, 0.15) is 24.0 Å². The van der Waals surface area contributed by atoms with Gasteiger partial charge >= 0.3 is 0 Å². The molecule has 0 aromatic carbocycles. The first-order valence-electron chi connectivity index (χ1n) is 4.21. The van der Waals surface area contributed by atoms with Gasteiger partial charge in [-0.15, -0.1) is 0 Å². The molecule has 1 aliphatic carbocycles. The van der Waals surface area contributed by atoms with Crippen LogP contribution >= 0.6 is 11.6 Å². The Bertz CT molecular complexity index is 310. The Labute approximate surface area is 76.7 Å². The second-order valence-corrected chi connectivity index (χ2v) is 3.53. The molecule has 0 spiro atoms. The molecule has 12 heavy (non-hydrogen) atoms. The number of nitrogens with zero attached hydrogens (tertiary/aromatic N) is 1. The fourth-order valence-electron chi connectivity index (χ4n) is 1.71. The van der Waals surface area contributed by atoms with E-state index in [2.05, 4.69) is 4.98 Å². The molecular weight excluding hydrogens is 172 g/mol. The molecule has 0 atom stereocenters. The van der Waals surface area contributed by atoms with E-state index in [1.54, 1.807) is 0 Å². The minimum absolute atomic E-state index is 0.454. The van der Waals surface area contributed by atoms with Gasteiger partial charge in [0.25, 0.3) is 0 Å². The molecule has 0 radical (unpaired) electrons. The van der Waals surface area contributed by atoms with Gasteiger partial charge in [-0.3, -0.25) is 0 Å². The lowest BCUT2D eigenvalue weighted by Crippen LogP contribution is -2.07. The summed E-state index contributed by atoms with van der Waals surface area (Å²) in [5.74, 6) is 0. The SMILES string of the molecule is Nc1c(Cl)ncc2c1CCCC2. The van der Waals surface area contributed by atoms with Crippen molar-refractivity contribution in [3.05, 3.63) is 22.5 Å². The number of pyridine rings is 1. The topological polar surface area (TPSA) is 38.9 Å². The Morgan fingerprint density at radius 3 is 2.92 bits per heavy atom. The molecule has 0 fully saturated rings. The number of aromatic nitrogens is 1. The van der Waals surface area contributed by atoms with Gasteiger partial charge in [-0.1, -0.05) is 11.6 Å². The van der Waals surface area contributed by atoms with Gasteiger partial charge in [0.15, 0.2) is 5.15 Å². The van der Waals surface area contributed by atoms with Crippen LogP contribution in [0.4, 0.5) is 5.69 Å². The van der Waals surface area contributed by atoms with Gasteiger partial charge in [-0.25, -0.2) is 4.98 Å². The largest absolute Gasteiger partial charge is 0.396 e. The Balaban J connectivity index is 2.54. The minimum atomic E-state index is 0.454. The average molecular weight is 183 g/mol. The summed E-state index contributed by atoms with van der Waals surface area (Å²) in [7, 11) is 0. The summed E-state index contributed by atoms with van der Waals surface area (Å²) in [4.78, 5) is 4.03.